The minimum absolute atomic E-state index is 0.0576. The van der Waals surface area contributed by atoms with Gasteiger partial charge in [-0.2, -0.15) is 0 Å². The average molecular weight is 371 g/mol. The number of ether oxygens (including phenoxy) is 1. The molecule has 1 heterocycles. The summed E-state index contributed by atoms with van der Waals surface area (Å²) in [6.45, 7) is 2.55. The zero-order chi connectivity index (χ0) is 17.7. The van der Waals surface area contributed by atoms with Crippen LogP contribution in [0.4, 0.5) is 0 Å². The van der Waals surface area contributed by atoms with Gasteiger partial charge in [-0.3, -0.25) is 4.79 Å². The summed E-state index contributed by atoms with van der Waals surface area (Å²) in [5, 5.41) is 0.762. The van der Waals surface area contributed by atoms with Crippen molar-refractivity contribution in [1.29, 1.82) is 0 Å². The molecule has 0 saturated heterocycles. The van der Waals surface area contributed by atoms with Gasteiger partial charge in [-0.15, -0.1) is 0 Å². The van der Waals surface area contributed by atoms with E-state index in [1.54, 1.807) is 23.1 Å². The summed E-state index contributed by atoms with van der Waals surface area (Å²) in [7, 11) is 1.26. The third-order valence-corrected chi connectivity index (χ3v) is 3.60. The molecule has 0 bridgehead atoms. The average Bonchev–Trinajstić information content (AvgIpc) is 3.00. The SMILES string of the molecule is CCCN(Cc1nc(C(=O)OC)co1)C(=O)c1cc(Cl)cc(Cl)c1. The molecule has 0 radical (unpaired) electrons. The topological polar surface area (TPSA) is 72.6 Å². The summed E-state index contributed by atoms with van der Waals surface area (Å²) in [6, 6.07) is 4.66. The van der Waals surface area contributed by atoms with Crippen LogP contribution in [-0.4, -0.2) is 35.4 Å². The molecule has 1 aromatic heterocycles. The van der Waals surface area contributed by atoms with Gasteiger partial charge in [0.25, 0.3) is 5.91 Å². The molecular formula is C16H16Cl2N2O4. The second-order valence-electron chi connectivity index (χ2n) is 5.00. The molecule has 2 rings (SSSR count). The maximum absolute atomic E-state index is 12.7. The van der Waals surface area contributed by atoms with E-state index in [4.69, 9.17) is 27.6 Å². The van der Waals surface area contributed by atoms with Crippen LogP contribution >= 0.6 is 23.2 Å². The van der Waals surface area contributed by atoms with E-state index in [0.29, 0.717) is 22.2 Å². The van der Waals surface area contributed by atoms with Crippen molar-refractivity contribution < 1.29 is 18.7 Å². The highest BCUT2D eigenvalue weighted by atomic mass is 35.5. The first-order valence-electron chi connectivity index (χ1n) is 7.22. The van der Waals surface area contributed by atoms with E-state index in [-0.39, 0.29) is 24.0 Å². The van der Waals surface area contributed by atoms with Gasteiger partial charge < -0.3 is 14.1 Å². The van der Waals surface area contributed by atoms with Gasteiger partial charge >= 0.3 is 5.97 Å². The largest absolute Gasteiger partial charge is 0.464 e. The van der Waals surface area contributed by atoms with Gasteiger partial charge in [0, 0.05) is 22.2 Å². The summed E-state index contributed by atoms with van der Waals surface area (Å²) >= 11 is 11.9. The molecule has 0 saturated carbocycles. The quantitative estimate of drug-likeness (QED) is 0.722. The van der Waals surface area contributed by atoms with E-state index >= 15 is 0 Å². The maximum atomic E-state index is 12.7. The summed E-state index contributed by atoms with van der Waals surface area (Å²) < 4.78 is 9.81. The summed E-state index contributed by atoms with van der Waals surface area (Å²) in [5.74, 6) is -0.607. The minimum Gasteiger partial charge on any atom is -0.464 e. The summed E-state index contributed by atoms with van der Waals surface area (Å²) in [5.41, 5.74) is 0.433. The number of benzene rings is 1. The van der Waals surface area contributed by atoms with Crippen molar-refractivity contribution in [2.75, 3.05) is 13.7 Å². The van der Waals surface area contributed by atoms with Crippen molar-refractivity contribution in [2.45, 2.75) is 19.9 Å². The molecule has 8 heteroatoms. The third kappa shape index (κ3) is 4.49. The number of oxazole rings is 1. The summed E-state index contributed by atoms with van der Waals surface area (Å²) in [4.78, 5) is 29.7. The normalized spacial score (nSPS) is 10.5. The first-order chi connectivity index (χ1) is 11.4. The molecular weight excluding hydrogens is 355 g/mol. The van der Waals surface area contributed by atoms with Gasteiger partial charge in [0.05, 0.1) is 13.7 Å². The lowest BCUT2D eigenvalue weighted by molar-refractivity contribution is 0.0594. The summed E-state index contributed by atoms with van der Waals surface area (Å²) in [6.07, 6.45) is 1.94. The third-order valence-electron chi connectivity index (χ3n) is 3.16. The Morgan fingerprint density at radius 3 is 2.50 bits per heavy atom. The standard InChI is InChI=1S/C16H16Cl2N2O4/c1-3-4-20(8-14-19-13(9-24-14)16(22)23-2)15(21)10-5-11(17)7-12(18)6-10/h5-7,9H,3-4,8H2,1-2H3. The fourth-order valence-electron chi connectivity index (χ4n) is 2.13. The van der Waals surface area contributed by atoms with Crippen LogP contribution in [-0.2, 0) is 11.3 Å². The number of aromatic nitrogens is 1. The number of nitrogens with zero attached hydrogens (tertiary/aromatic N) is 2. The van der Waals surface area contributed by atoms with Gasteiger partial charge in [-0.05, 0) is 24.6 Å². The molecule has 0 atom stereocenters. The van der Waals surface area contributed by atoms with E-state index in [9.17, 15) is 9.59 Å². The van der Waals surface area contributed by atoms with Crippen LogP contribution in [0.5, 0.6) is 0 Å². The maximum Gasteiger partial charge on any atom is 0.360 e. The Kier molecular flexibility index (Phi) is 6.23. The predicted molar refractivity (Wildman–Crippen MR) is 89.3 cm³/mol. The molecule has 0 aliphatic heterocycles. The Morgan fingerprint density at radius 1 is 1.25 bits per heavy atom. The van der Waals surface area contributed by atoms with E-state index in [1.807, 2.05) is 6.92 Å². The molecule has 0 N–H and O–H groups in total. The second kappa shape index (κ2) is 8.17. The van der Waals surface area contributed by atoms with E-state index in [1.165, 1.54) is 13.4 Å². The fraction of sp³-hybridized carbons (Fsp3) is 0.312. The zero-order valence-electron chi connectivity index (χ0n) is 13.2. The molecule has 0 unspecified atom stereocenters. The minimum atomic E-state index is -0.597. The number of carbonyl (C=O) groups excluding carboxylic acids is 2. The van der Waals surface area contributed by atoms with Gasteiger partial charge in [0.15, 0.2) is 5.69 Å². The lowest BCUT2D eigenvalue weighted by Crippen LogP contribution is -2.31. The monoisotopic (exact) mass is 370 g/mol. The molecule has 128 valence electrons. The number of hydrogen-bond donors (Lipinski definition) is 0. The smallest absolute Gasteiger partial charge is 0.360 e. The molecule has 0 aliphatic rings. The van der Waals surface area contributed by atoms with Crippen molar-refractivity contribution >= 4 is 35.1 Å². The van der Waals surface area contributed by atoms with Gasteiger partial charge in [0.2, 0.25) is 5.89 Å². The molecule has 24 heavy (non-hydrogen) atoms. The first kappa shape index (κ1) is 18.3. The van der Waals surface area contributed by atoms with Crippen molar-refractivity contribution in [3.63, 3.8) is 0 Å². The Bertz CT molecular complexity index is 725. The van der Waals surface area contributed by atoms with Crippen LogP contribution in [0.3, 0.4) is 0 Å². The van der Waals surface area contributed by atoms with Gasteiger partial charge in [-0.25, -0.2) is 9.78 Å². The van der Waals surface area contributed by atoms with E-state index in [2.05, 4.69) is 9.72 Å². The van der Waals surface area contributed by atoms with Crippen LogP contribution in [0.15, 0.2) is 28.9 Å². The number of halogens is 2. The second-order valence-corrected chi connectivity index (χ2v) is 5.88. The Labute approximate surface area is 149 Å². The zero-order valence-corrected chi connectivity index (χ0v) is 14.7. The first-order valence-corrected chi connectivity index (χ1v) is 7.98. The molecule has 0 fully saturated rings. The number of esters is 1. The molecule has 6 nitrogen and oxygen atoms in total. The highest BCUT2D eigenvalue weighted by molar-refractivity contribution is 6.35. The van der Waals surface area contributed by atoms with Gasteiger partial charge in [-0.1, -0.05) is 30.1 Å². The molecule has 0 spiro atoms. The highest BCUT2D eigenvalue weighted by Gasteiger charge is 2.20. The number of carbonyl (C=O) groups is 2. The van der Waals surface area contributed by atoms with Crippen LogP contribution in [0, 0.1) is 0 Å². The lowest BCUT2D eigenvalue weighted by atomic mass is 10.2. The molecule has 1 amide bonds. The Balaban J connectivity index is 2.20. The number of methoxy groups -OCH3 is 1. The van der Waals surface area contributed by atoms with Crippen molar-refractivity contribution in [3.8, 4) is 0 Å². The van der Waals surface area contributed by atoms with Crippen molar-refractivity contribution in [2.24, 2.45) is 0 Å². The highest BCUT2D eigenvalue weighted by Crippen LogP contribution is 2.21. The van der Waals surface area contributed by atoms with Crippen molar-refractivity contribution in [1.82, 2.24) is 9.88 Å². The van der Waals surface area contributed by atoms with Crippen LogP contribution in [0.2, 0.25) is 10.0 Å². The van der Waals surface area contributed by atoms with E-state index in [0.717, 1.165) is 6.42 Å². The number of amides is 1. The molecule has 0 aliphatic carbocycles. The molecule has 2 aromatic rings. The Morgan fingerprint density at radius 2 is 1.92 bits per heavy atom. The molecule has 1 aromatic carbocycles. The predicted octanol–water partition coefficient (Wildman–Crippen LogP) is 3.82. The van der Waals surface area contributed by atoms with Gasteiger partial charge in [0.1, 0.15) is 6.26 Å². The fourth-order valence-corrected chi connectivity index (χ4v) is 2.65. The number of hydrogen-bond acceptors (Lipinski definition) is 5. The Hall–Kier alpha value is -2.05. The van der Waals surface area contributed by atoms with E-state index < -0.39 is 5.97 Å². The lowest BCUT2D eigenvalue weighted by Gasteiger charge is -2.20. The van der Waals surface area contributed by atoms with Crippen molar-refractivity contribution in [3.05, 3.63) is 51.7 Å². The van der Waals surface area contributed by atoms with Crippen LogP contribution in [0.1, 0.15) is 40.1 Å². The van der Waals surface area contributed by atoms with Crippen LogP contribution < -0.4 is 0 Å². The van der Waals surface area contributed by atoms with Crippen LogP contribution in [0.25, 0.3) is 0 Å². The number of rotatable bonds is 6.